The Hall–Kier alpha value is -4.50. The van der Waals surface area contributed by atoms with Gasteiger partial charge in [0.2, 0.25) is 5.76 Å². The van der Waals surface area contributed by atoms with Gasteiger partial charge in [-0.05, 0) is 17.7 Å². The Labute approximate surface area is 241 Å². The molecule has 43 heavy (non-hydrogen) atoms. The molecule has 0 unspecified atom stereocenters. The molecule has 0 radical (unpaired) electrons. The van der Waals surface area contributed by atoms with Crippen LogP contribution in [-0.4, -0.2) is 95.4 Å². The van der Waals surface area contributed by atoms with Crippen molar-refractivity contribution in [1.29, 1.82) is 0 Å². The Bertz CT molecular complexity index is 1650. The Morgan fingerprint density at radius 2 is 1.84 bits per heavy atom. The van der Waals surface area contributed by atoms with E-state index in [0.29, 0.717) is 11.1 Å². The average molecular weight is 606 g/mol. The van der Waals surface area contributed by atoms with E-state index in [1.165, 1.54) is 47.4 Å². The van der Waals surface area contributed by atoms with Gasteiger partial charge in [0, 0.05) is 58.0 Å². The van der Waals surface area contributed by atoms with Crippen molar-refractivity contribution in [3.8, 4) is 11.5 Å². The third-order valence-electron chi connectivity index (χ3n) is 7.07. The maximum absolute atomic E-state index is 13.6. The van der Waals surface area contributed by atoms with Crippen LogP contribution in [0.5, 0.6) is 11.5 Å². The number of nitrogens with zero attached hydrogens (tertiary/aromatic N) is 4. The number of aromatic hydroxyl groups is 1. The van der Waals surface area contributed by atoms with Gasteiger partial charge in [-0.1, -0.05) is 12.1 Å². The number of benzene rings is 1. The van der Waals surface area contributed by atoms with E-state index >= 15 is 0 Å². The van der Waals surface area contributed by atoms with E-state index in [-0.39, 0.29) is 68.3 Å². The molecule has 15 heteroatoms. The van der Waals surface area contributed by atoms with E-state index in [0.717, 1.165) is 10.8 Å². The molecule has 3 aromatic rings. The lowest BCUT2D eigenvalue weighted by Crippen LogP contribution is -2.51. The Morgan fingerprint density at radius 1 is 1.14 bits per heavy atom. The summed E-state index contributed by atoms with van der Waals surface area (Å²) in [6.07, 6.45) is -1.80. The molecule has 5 rings (SSSR count). The quantitative estimate of drug-likeness (QED) is 0.296. The average Bonchev–Trinajstić information content (AvgIpc) is 2.96. The van der Waals surface area contributed by atoms with E-state index < -0.39 is 47.2 Å². The van der Waals surface area contributed by atoms with Crippen LogP contribution in [-0.2, 0) is 16.0 Å². The van der Waals surface area contributed by atoms with Gasteiger partial charge in [-0.25, -0.2) is 4.39 Å². The number of carbonyl (C=O) groups excluding carboxylic acids is 2. The highest BCUT2D eigenvalue weighted by Gasteiger charge is 2.35. The third-order valence-corrected chi connectivity index (χ3v) is 7.07. The van der Waals surface area contributed by atoms with Gasteiger partial charge in [0.05, 0.1) is 19.4 Å². The second-order valence-corrected chi connectivity index (χ2v) is 10.0. The molecule has 0 atom stereocenters. The standard InChI is InChI=1S/C28H27F4N5O6/c1-42-11-6-33-25(39)20-23(38)21-22-24(17(13-34-21)12-16-2-4-18(29)5-3-16)43-19(14-37(22)27(20)41)26(40)36-9-7-35(8-10-36)15-28(30,31)32/h2-5,13-14,38H,6-12,15H2,1H3,(H,33,39). The number of piperazine rings is 1. The number of halogens is 4. The maximum Gasteiger partial charge on any atom is 0.401 e. The fourth-order valence-electron chi connectivity index (χ4n) is 4.98. The van der Waals surface area contributed by atoms with Crippen LogP contribution in [0.1, 0.15) is 21.5 Å². The zero-order chi connectivity index (χ0) is 30.9. The first-order valence-electron chi connectivity index (χ1n) is 13.3. The molecule has 0 bridgehead atoms. The second kappa shape index (κ2) is 12.0. The molecule has 4 heterocycles. The van der Waals surface area contributed by atoms with Crippen molar-refractivity contribution in [2.45, 2.75) is 12.6 Å². The lowest BCUT2D eigenvalue weighted by molar-refractivity contribution is -0.151. The minimum absolute atomic E-state index is 0.00194. The molecule has 2 amide bonds. The number of carbonyl (C=O) groups is 2. The van der Waals surface area contributed by atoms with Crippen LogP contribution in [0.3, 0.4) is 0 Å². The topological polar surface area (TPSA) is 126 Å². The number of nitrogens with one attached hydrogen (secondary N) is 1. The normalized spacial score (nSPS) is 15.3. The van der Waals surface area contributed by atoms with Crippen molar-refractivity contribution >= 4 is 29.0 Å². The predicted octanol–water partition coefficient (Wildman–Crippen LogP) is 2.11. The highest BCUT2D eigenvalue weighted by Crippen LogP contribution is 2.38. The molecule has 2 aliphatic heterocycles. The number of alkyl halides is 3. The second-order valence-electron chi connectivity index (χ2n) is 10.0. The summed E-state index contributed by atoms with van der Waals surface area (Å²) in [4.78, 5) is 46.8. The molecule has 1 saturated heterocycles. The Balaban J connectivity index is 1.55. The van der Waals surface area contributed by atoms with Crippen LogP contribution < -0.4 is 15.6 Å². The first kappa shape index (κ1) is 30.0. The molecule has 228 valence electrons. The number of pyridine rings is 2. The zero-order valence-corrected chi connectivity index (χ0v) is 22.9. The number of rotatable bonds is 8. The first-order chi connectivity index (χ1) is 20.5. The molecule has 2 aromatic heterocycles. The summed E-state index contributed by atoms with van der Waals surface area (Å²) >= 11 is 0. The van der Waals surface area contributed by atoms with Gasteiger partial charge in [0.15, 0.2) is 11.5 Å². The maximum atomic E-state index is 13.6. The fourth-order valence-corrected chi connectivity index (χ4v) is 4.98. The molecule has 1 fully saturated rings. The number of aromatic nitrogens is 2. The van der Waals surface area contributed by atoms with E-state index in [1.807, 2.05) is 0 Å². The van der Waals surface area contributed by atoms with Gasteiger partial charge in [0.25, 0.3) is 17.4 Å². The van der Waals surface area contributed by atoms with Gasteiger partial charge in [0.1, 0.15) is 22.4 Å². The molecular formula is C28H27F4N5O6. The number of methoxy groups -OCH3 is 1. The van der Waals surface area contributed by atoms with Crippen LogP contribution in [0.15, 0.2) is 41.0 Å². The third kappa shape index (κ3) is 6.32. The Morgan fingerprint density at radius 3 is 2.49 bits per heavy atom. The molecule has 11 nitrogen and oxygen atoms in total. The largest absolute Gasteiger partial charge is 0.505 e. The summed E-state index contributed by atoms with van der Waals surface area (Å²) in [5.74, 6) is -3.01. The predicted molar refractivity (Wildman–Crippen MR) is 145 cm³/mol. The van der Waals surface area contributed by atoms with Gasteiger partial charge in [-0.2, -0.15) is 13.2 Å². The van der Waals surface area contributed by atoms with E-state index in [4.69, 9.17) is 9.47 Å². The fraction of sp³-hybridized carbons (Fsp3) is 0.357. The molecule has 0 saturated carbocycles. The van der Waals surface area contributed by atoms with Crippen LogP contribution in [0, 0.1) is 5.82 Å². The van der Waals surface area contributed by atoms with Gasteiger partial charge >= 0.3 is 6.18 Å². The van der Waals surface area contributed by atoms with E-state index in [1.54, 1.807) is 0 Å². The molecule has 0 aliphatic carbocycles. The summed E-state index contributed by atoms with van der Waals surface area (Å²) in [5, 5.41) is 13.5. The zero-order valence-electron chi connectivity index (χ0n) is 22.9. The first-order valence-corrected chi connectivity index (χ1v) is 13.3. The summed E-state index contributed by atoms with van der Waals surface area (Å²) < 4.78 is 63.9. The minimum atomic E-state index is -4.38. The SMILES string of the molecule is COCCNC(=O)c1c(O)c2ncc(Cc3ccc(F)cc3)c3c2n(c1=O)C=C(C(=O)N1CCN(CC(F)(F)F)CC1)O3. The summed E-state index contributed by atoms with van der Waals surface area (Å²) in [6.45, 7) is -0.995. The summed E-state index contributed by atoms with van der Waals surface area (Å²) in [7, 11) is 1.42. The van der Waals surface area contributed by atoms with Gasteiger partial charge < -0.3 is 24.8 Å². The lowest BCUT2D eigenvalue weighted by atomic mass is 10.0. The molecule has 1 aromatic carbocycles. The van der Waals surface area contributed by atoms with Crippen molar-refractivity contribution in [2.75, 3.05) is 53.0 Å². The highest BCUT2D eigenvalue weighted by atomic mass is 19.4. The molecule has 2 aliphatic rings. The van der Waals surface area contributed by atoms with Crippen LogP contribution in [0.25, 0.3) is 17.2 Å². The van der Waals surface area contributed by atoms with E-state index in [2.05, 4.69) is 10.3 Å². The van der Waals surface area contributed by atoms with Crippen molar-refractivity contribution < 1.29 is 41.7 Å². The minimum Gasteiger partial charge on any atom is -0.505 e. The summed E-state index contributed by atoms with van der Waals surface area (Å²) in [6, 6.07) is 5.60. The van der Waals surface area contributed by atoms with Crippen LogP contribution >= 0.6 is 0 Å². The number of hydrogen-bond donors (Lipinski definition) is 2. The van der Waals surface area contributed by atoms with E-state index in [9.17, 15) is 37.1 Å². The van der Waals surface area contributed by atoms with Gasteiger partial charge in [-0.3, -0.25) is 28.8 Å². The van der Waals surface area contributed by atoms with Crippen molar-refractivity contribution in [3.63, 3.8) is 0 Å². The van der Waals surface area contributed by atoms with Crippen LogP contribution in [0.4, 0.5) is 17.6 Å². The van der Waals surface area contributed by atoms with Gasteiger partial charge in [-0.15, -0.1) is 0 Å². The number of amides is 2. The van der Waals surface area contributed by atoms with Crippen molar-refractivity contribution in [2.24, 2.45) is 0 Å². The number of hydrogen-bond acceptors (Lipinski definition) is 8. The van der Waals surface area contributed by atoms with Crippen molar-refractivity contribution in [3.05, 3.63) is 69.1 Å². The van der Waals surface area contributed by atoms with Crippen molar-refractivity contribution in [1.82, 2.24) is 24.7 Å². The smallest absolute Gasteiger partial charge is 0.401 e. The highest BCUT2D eigenvalue weighted by molar-refractivity contribution is 6.04. The molecular weight excluding hydrogens is 578 g/mol. The Kier molecular flexibility index (Phi) is 8.37. The molecule has 0 spiro atoms. The lowest BCUT2D eigenvalue weighted by Gasteiger charge is -2.35. The monoisotopic (exact) mass is 605 g/mol. The molecule has 2 N–H and O–H groups in total. The summed E-state index contributed by atoms with van der Waals surface area (Å²) in [5.41, 5.74) is -0.667. The number of ether oxygens (including phenoxy) is 2. The van der Waals surface area contributed by atoms with Crippen LogP contribution in [0.2, 0.25) is 0 Å².